The van der Waals surface area contributed by atoms with Crippen molar-refractivity contribution < 1.29 is 18.0 Å². The minimum absolute atomic E-state index is 0.588. The van der Waals surface area contributed by atoms with Gasteiger partial charge in [0.2, 0.25) is 5.91 Å². The number of halogens is 3. The second kappa shape index (κ2) is 6.26. The zero-order valence-corrected chi connectivity index (χ0v) is 11.0. The number of alkyl halides is 3. The molecule has 0 aromatic heterocycles. The zero-order valence-electron chi connectivity index (χ0n) is 11.0. The van der Waals surface area contributed by atoms with Crippen LogP contribution in [-0.4, -0.2) is 36.6 Å². The van der Waals surface area contributed by atoms with Crippen LogP contribution in [0.1, 0.15) is 24.4 Å². The first-order valence-corrected chi connectivity index (χ1v) is 6.61. The molecule has 1 atom stereocenters. The summed E-state index contributed by atoms with van der Waals surface area (Å²) in [5.74, 6) is -0.588. The molecule has 1 aromatic carbocycles. The highest BCUT2D eigenvalue weighted by molar-refractivity contribution is 5.83. The molecule has 1 fully saturated rings. The van der Waals surface area contributed by atoms with Gasteiger partial charge in [-0.1, -0.05) is 30.3 Å². The topological polar surface area (TPSA) is 32.3 Å². The van der Waals surface area contributed by atoms with Crippen molar-refractivity contribution in [1.29, 1.82) is 0 Å². The third kappa shape index (κ3) is 3.96. The van der Waals surface area contributed by atoms with Crippen molar-refractivity contribution in [1.82, 2.24) is 10.2 Å². The van der Waals surface area contributed by atoms with Crippen molar-refractivity contribution in [2.24, 2.45) is 0 Å². The number of nitrogens with zero attached hydrogens (tertiary/aromatic N) is 1. The fraction of sp³-hybridized carbons (Fsp3) is 0.500. The maximum Gasteiger partial charge on any atom is 0.405 e. The number of hydrogen-bond acceptors (Lipinski definition) is 2. The Kier molecular flexibility index (Phi) is 4.65. The average molecular weight is 286 g/mol. The summed E-state index contributed by atoms with van der Waals surface area (Å²) in [7, 11) is 0. The molecule has 0 aliphatic carbocycles. The van der Waals surface area contributed by atoms with Gasteiger partial charge >= 0.3 is 6.18 Å². The van der Waals surface area contributed by atoms with E-state index in [4.69, 9.17) is 0 Å². The van der Waals surface area contributed by atoms with Gasteiger partial charge in [-0.15, -0.1) is 0 Å². The minimum atomic E-state index is -4.39. The lowest BCUT2D eigenvalue weighted by atomic mass is 10.0. The molecule has 1 aliphatic rings. The maximum atomic E-state index is 12.2. The Hall–Kier alpha value is -1.56. The Bertz CT molecular complexity index is 441. The summed E-state index contributed by atoms with van der Waals surface area (Å²) in [5, 5.41) is 1.99. The highest BCUT2D eigenvalue weighted by Crippen LogP contribution is 2.25. The van der Waals surface area contributed by atoms with Crippen molar-refractivity contribution in [2.45, 2.75) is 25.1 Å². The van der Waals surface area contributed by atoms with Gasteiger partial charge in [0.25, 0.3) is 0 Å². The van der Waals surface area contributed by atoms with Gasteiger partial charge in [0.15, 0.2) is 0 Å². The SMILES string of the molecule is O=C(NCC(F)(F)F)[C@H](c1ccccc1)N1CCCC1. The first-order chi connectivity index (χ1) is 9.47. The van der Waals surface area contributed by atoms with E-state index in [1.165, 1.54) is 0 Å². The summed E-state index contributed by atoms with van der Waals surface area (Å²) in [6.45, 7) is 0.182. The molecule has 1 saturated heterocycles. The van der Waals surface area contributed by atoms with Gasteiger partial charge in [-0.25, -0.2) is 0 Å². The largest absolute Gasteiger partial charge is 0.405 e. The van der Waals surface area contributed by atoms with Gasteiger partial charge in [-0.3, -0.25) is 9.69 Å². The molecule has 20 heavy (non-hydrogen) atoms. The molecule has 6 heteroatoms. The summed E-state index contributed by atoms with van der Waals surface area (Å²) < 4.78 is 36.7. The molecule has 1 heterocycles. The van der Waals surface area contributed by atoms with Gasteiger partial charge in [-0.2, -0.15) is 13.2 Å². The van der Waals surface area contributed by atoms with E-state index in [1.807, 2.05) is 16.3 Å². The lowest BCUT2D eigenvalue weighted by molar-refractivity contribution is -0.141. The molecule has 1 aromatic rings. The number of carbonyl (C=O) groups excluding carboxylic acids is 1. The Morgan fingerprint density at radius 3 is 2.35 bits per heavy atom. The predicted molar refractivity (Wildman–Crippen MR) is 69.1 cm³/mol. The van der Waals surface area contributed by atoms with Crippen LogP contribution in [-0.2, 0) is 4.79 Å². The van der Waals surface area contributed by atoms with Crippen LogP contribution in [0.3, 0.4) is 0 Å². The fourth-order valence-electron chi connectivity index (χ4n) is 2.45. The number of rotatable bonds is 4. The quantitative estimate of drug-likeness (QED) is 0.922. The van der Waals surface area contributed by atoms with Gasteiger partial charge in [-0.05, 0) is 31.5 Å². The Morgan fingerprint density at radius 2 is 1.80 bits per heavy atom. The van der Waals surface area contributed by atoms with E-state index in [2.05, 4.69) is 0 Å². The molecule has 1 aliphatic heterocycles. The van der Waals surface area contributed by atoms with Gasteiger partial charge in [0.05, 0.1) is 0 Å². The van der Waals surface area contributed by atoms with Gasteiger partial charge < -0.3 is 5.32 Å². The van der Waals surface area contributed by atoms with Crippen LogP contribution in [0.25, 0.3) is 0 Å². The van der Waals surface area contributed by atoms with E-state index >= 15 is 0 Å². The molecule has 1 N–H and O–H groups in total. The molecule has 0 saturated carbocycles. The molecule has 0 unspecified atom stereocenters. The molecular formula is C14H17F3N2O. The number of amides is 1. The van der Waals surface area contributed by atoms with E-state index in [-0.39, 0.29) is 0 Å². The highest BCUT2D eigenvalue weighted by atomic mass is 19.4. The second-order valence-corrected chi connectivity index (χ2v) is 4.89. The second-order valence-electron chi connectivity index (χ2n) is 4.89. The van der Waals surface area contributed by atoms with E-state index in [0.29, 0.717) is 0 Å². The maximum absolute atomic E-state index is 12.2. The standard InChI is InChI=1S/C14H17F3N2O/c15-14(16,17)10-18-13(20)12(19-8-4-5-9-19)11-6-2-1-3-7-11/h1-3,6-7,12H,4-5,8-10H2,(H,18,20)/t12-/m0/s1. The van der Waals surface area contributed by atoms with Gasteiger partial charge in [0.1, 0.15) is 12.6 Å². The smallest absolute Gasteiger partial charge is 0.345 e. The third-order valence-electron chi connectivity index (χ3n) is 3.33. The highest BCUT2D eigenvalue weighted by Gasteiger charge is 2.33. The predicted octanol–water partition coefficient (Wildman–Crippen LogP) is 2.50. The van der Waals surface area contributed by atoms with Crippen LogP contribution in [0.4, 0.5) is 13.2 Å². The van der Waals surface area contributed by atoms with Crippen LogP contribution in [0.15, 0.2) is 30.3 Å². The molecule has 2 rings (SSSR count). The minimum Gasteiger partial charge on any atom is -0.345 e. The normalized spacial score (nSPS) is 17.9. The number of hydrogen-bond donors (Lipinski definition) is 1. The van der Waals surface area contributed by atoms with E-state index in [0.717, 1.165) is 31.5 Å². The average Bonchev–Trinajstić information content (AvgIpc) is 2.91. The molecule has 1 amide bonds. The van der Waals surface area contributed by atoms with Crippen LogP contribution in [0.2, 0.25) is 0 Å². The number of nitrogens with one attached hydrogen (secondary N) is 1. The summed E-state index contributed by atoms with van der Waals surface area (Å²) in [6, 6.07) is 8.30. The molecule has 0 bridgehead atoms. The fourth-order valence-corrected chi connectivity index (χ4v) is 2.45. The Morgan fingerprint density at radius 1 is 1.20 bits per heavy atom. The Labute approximate surface area is 115 Å². The summed E-state index contributed by atoms with van der Waals surface area (Å²) >= 11 is 0. The van der Waals surface area contributed by atoms with Crippen LogP contribution in [0, 0.1) is 0 Å². The van der Waals surface area contributed by atoms with Crippen LogP contribution < -0.4 is 5.32 Å². The van der Waals surface area contributed by atoms with Gasteiger partial charge in [0, 0.05) is 0 Å². The molecule has 0 spiro atoms. The number of likely N-dealkylation sites (tertiary alicyclic amines) is 1. The molecular weight excluding hydrogens is 269 g/mol. The monoisotopic (exact) mass is 286 g/mol. The lowest BCUT2D eigenvalue weighted by Crippen LogP contribution is -2.42. The molecule has 3 nitrogen and oxygen atoms in total. The van der Waals surface area contributed by atoms with Crippen LogP contribution >= 0.6 is 0 Å². The lowest BCUT2D eigenvalue weighted by Gasteiger charge is -2.27. The summed E-state index contributed by atoms with van der Waals surface area (Å²) in [4.78, 5) is 14.1. The number of carbonyl (C=O) groups is 1. The number of benzene rings is 1. The zero-order chi connectivity index (χ0) is 14.6. The molecule has 0 radical (unpaired) electrons. The van der Waals surface area contributed by atoms with Crippen molar-refractivity contribution in [3.8, 4) is 0 Å². The molecule has 110 valence electrons. The summed E-state index contributed by atoms with van der Waals surface area (Å²) in [6.07, 6.45) is -2.45. The first-order valence-electron chi connectivity index (χ1n) is 6.61. The van der Waals surface area contributed by atoms with Crippen molar-refractivity contribution in [3.63, 3.8) is 0 Å². The van der Waals surface area contributed by atoms with Crippen LogP contribution in [0.5, 0.6) is 0 Å². The summed E-state index contributed by atoms with van der Waals surface area (Å²) in [5.41, 5.74) is 0.731. The van der Waals surface area contributed by atoms with E-state index in [1.54, 1.807) is 24.3 Å². The Balaban J connectivity index is 2.12. The van der Waals surface area contributed by atoms with Crippen molar-refractivity contribution >= 4 is 5.91 Å². The first kappa shape index (κ1) is 14.8. The van der Waals surface area contributed by atoms with E-state index < -0.39 is 24.7 Å². The third-order valence-corrected chi connectivity index (χ3v) is 3.33. The van der Waals surface area contributed by atoms with Crippen molar-refractivity contribution in [3.05, 3.63) is 35.9 Å². The van der Waals surface area contributed by atoms with Crippen molar-refractivity contribution in [2.75, 3.05) is 19.6 Å². The van der Waals surface area contributed by atoms with E-state index in [9.17, 15) is 18.0 Å².